The molecular weight excluding hydrogens is 179 g/mol. The Balaban J connectivity index is 2.01. The van der Waals surface area contributed by atoms with Crippen LogP contribution in [0.2, 0.25) is 0 Å². The highest BCUT2D eigenvalue weighted by molar-refractivity contribution is 7.32. The van der Waals surface area contributed by atoms with Gasteiger partial charge in [0.15, 0.2) is 0 Å². The van der Waals surface area contributed by atoms with Gasteiger partial charge in [-0.1, -0.05) is 0 Å². The molecule has 0 aromatic heterocycles. The first-order valence-corrected chi connectivity index (χ1v) is 5.34. The Morgan fingerprint density at radius 3 is 2.75 bits per heavy atom. The summed E-state index contributed by atoms with van der Waals surface area (Å²) in [5, 5.41) is 3.23. The Labute approximate surface area is 72.7 Å². The molecule has 1 aliphatic heterocycles. The minimum absolute atomic E-state index is 0.355. The molecule has 1 fully saturated rings. The Morgan fingerprint density at radius 2 is 2.17 bits per heavy atom. The standard InChI is InChI=1S/C6H15N2O3P/c9-12(10)11-6-5-8-3-1-7-2-4-8/h7,12H,1-6H2,(H,9,10). The molecule has 0 amide bonds. The van der Waals surface area contributed by atoms with E-state index < -0.39 is 8.25 Å². The van der Waals surface area contributed by atoms with Crippen LogP contribution in [0, 0.1) is 0 Å². The lowest BCUT2D eigenvalue weighted by Crippen LogP contribution is -2.44. The number of nitrogens with zero attached hydrogens (tertiary/aromatic N) is 1. The van der Waals surface area contributed by atoms with Gasteiger partial charge in [-0.15, -0.1) is 0 Å². The van der Waals surface area contributed by atoms with Gasteiger partial charge in [-0.2, -0.15) is 0 Å². The molecule has 72 valence electrons. The normalized spacial score (nSPS) is 22.4. The number of rotatable bonds is 4. The van der Waals surface area contributed by atoms with Crippen molar-refractivity contribution in [2.75, 3.05) is 39.3 Å². The van der Waals surface area contributed by atoms with Crippen molar-refractivity contribution in [3.05, 3.63) is 0 Å². The molecule has 0 spiro atoms. The molecule has 2 N–H and O–H groups in total. The molecule has 0 aliphatic carbocycles. The molecular formula is C6H15N2O3P. The second-order valence-electron chi connectivity index (χ2n) is 2.71. The van der Waals surface area contributed by atoms with Gasteiger partial charge >= 0.3 is 8.25 Å². The average molecular weight is 194 g/mol. The second-order valence-corrected chi connectivity index (χ2v) is 3.53. The summed E-state index contributed by atoms with van der Waals surface area (Å²) in [4.78, 5) is 10.6. The van der Waals surface area contributed by atoms with E-state index in [0.717, 1.165) is 32.7 Å². The Hall–Kier alpha value is 0.0700. The summed E-state index contributed by atoms with van der Waals surface area (Å²) >= 11 is 0. The average Bonchev–Trinajstić information content (AvgIpc) is 2.05. The smallest absolute Gasteiger partial charge is 0.316 e. The van der Waals surface area contributed by atoms with E-state index in [1.165, 1.54) is 0 Å². The van der Waals surface area contributed by atoms with E-state index in [9.17, 15) is 4.57 Å². The van der Waals surface area contributed by atoms with Gasteiger partial charge in [0.05, 0.1) is 6.61 Å². The van der Waals surface area contributed by atoms with Crippen LogP contribution >= 0.6 is 8.25 Å². The second kappa shape index (κ2) is 5.67. The monoisotopic (exact) mass is 194 g/mol. The summed E-state index contributed by atoms with van der Waals surface area (Å²) < 4.78 is 14.8. The van der Waals surface area contributed by atoms with E-state index in [-0.39, 0.29) is 0 Å². The molecule has 0 aromatic carbocycles. The summed E-state index contributed by atoms with van der Waals surface area (Å²) in [5.74, 6) is 0. The van der Waals surface area contributed by atoms with E-state index in [0.29, 0.717) is 6.61 Å². The topological polar surface area (TPSA) is 61.8 Å². The van der Waals surface area contributed by atoms with Gasteiger partial charge in [0.2, 0.25) is 0 Å². The van der Waals surface area contributed by atoms with Crippen molar-refractivity contribution in [2.24, 2.45) is 0 Å². The fourth-order valence-electron chi connectivity index (χ4n) is 1.20. The van der Waals surface area contributed by atoms with Crippen LogP contribution in [0.25, 0.3) is 0 Å². The SMILES string of the molecule is O=[PH](O)OCCN1CCNCC1. The van der Waals surface area contributed by atoms with Crippen LogP contribution in [0.15, 0.2) is 0 Å². The Kier molecular flexibility index (Phi) is 4.80. The quantitative estimate of drug-likeness (QED) is 0.579. The third kappa shape index (κ3) is 4.18. The molecule has 0 aromatic rings. The van der Waals surface area contributed by atoms with Gasteiger partial charge in [0.25, 0.3) is 0 Å². The van der Waals surface area contributed by atoms with Gasteiger partial charge in [-0.25, -0.2) is 0 Å². The highest BCUT2D eigenvalue weighted by atomic mass is 31.1. The Morgan fingerprint density at radius 1 is 1.50 bits per heavy atom. The minimum Gasteiger partial charge on any atom is -0.326 e. The first-order chi connectivity index (χ1) is 5.79. The zero-order valence-corrected chi connectivity index (χ0v) is 7.95. The van der Waals surface area contributed by atoms with Crippen LogP contribution in [-0.4, -0.2) is 49.1 Å². The maximum atomic E-state index is 10.2. The summed E-state index contributed by atoms with van der Waals surface area (Å²) in [6.45, 7) is 5.08. The van der Waals surface area contributed by atoms with Crippen LogP contribution < -0.4 is 5.32 Å². The fraction of sp³-hybridized carbons (Fsp3) is 1.00. The zero-order chi connectivity index (χ0) is 8.81. The summed E-state index contributed by atoms with van der Waals surface area (Å²) in [6.07, 6.45) is 0. The molecule has 12 heavy (non-hydrogen) atoms. The van der Waals surface area contributed by atoms with E-state index in [1.807, 2.05) is 0 Å². The van der Waals surface area contributed by atoms with Crippen LogP contribution in [0.5, 0.6) is 0 Å². The molecule has 6 heteroatoms. The van der Waals surface area contributed by atoms with Gasteiger partial charge < -0.3 is 14.7 Å². The highest BCUT2D eigenvalue weighted by Gasteiger charge is 2.08. The molecule has 1 aliphatic rings. The summed E-state index contributed by atoms with van der Waals surface area (Å²) in [6, 6.07) is 0. The number of nitrogens with one attached hydrogen (secondary N) is 1. The van der Waals surface area contributed by atoms with Crippen LogP contribution in [0.3, 0.4) is 0 Å². The molecule has 1 heterocycles. The summed E-state index contributed by atoms with van der Waals surface area (Å²) in [5.41, 5.74) is 0. The lowest BCUT2D eigenvalue weighted by Gasteiger charge is -2.26. The van der Waals surface area contributed by atoms with Gasteiger partial charge in [0, 0.05) is 32.7 Å². The molecule has 1 atom stereocenters. The lowest BCUT2D eigenvalue weighted by molar-refractivity contribution is 0.186. The molecule has 1 unspecified atom stereocenters. The molecule has 0 bridgehead atoms. The van der Waals surface area contributed by atoms with E-state index in [4.69, 9.17) is 4.89 Å². The summed E-state index contributed by atoms with van der Waals surface area (Å²) in [7, 11) is -2.73. The first-order valence-electron chi connectivity index (χ1n) is 4.08. The van der Waals surface area contributed by atoms with Crippen LogP contribution in [0.4, 0.5) is 0 Å². The third-order valence-corrected chi connectivity index (χ3v) is 2.29. The van der Waals surface area contributed by atoms with Gasteiger partial charge in [-0.3, -0.25) is 9.46 Å². The highest BCUT2D eigenvalue weighted by Crippen LogP contribution is 2.13. The first kappa shape index (κ1) is 10.2. The number of piperazine rings is 1. The molecule has 1 rings (SSSR count). The number of hydrogen-bond donors (Lipinski definition) is 2. The van der Waals surface area contributed by atoms with Crippen molar-refractivity contribution in [1.29, 1.82) is 0 Å². The van der Waals surface area contributed by atoms with Crippen molar-refractivity contribution in [2.45, 2.75) is 0 Å². The van der Waals surface area contributed by atoms with Crippen molar-refractivity contribution in [3.63, 3.8) is 0 Å². The minimum atomic E-state index is -2.73. The van der Waals surface area contributed by atoms with Crippen molar-refractivity contribution < 1.29 is 14.0 Å². The van der Waals surface area contributed by atoms with Crippen molar-refractivity contribution >= 4 is 8.25 Å². The van der Waals surface area contributed by atoms with Crippen molar-refractivity contribution in [1.82, 2.24) is 10.2 Å². The third-order valence-electron chi connectivity index (χ3n) is 1.84. The predicted molar refractivity (Wildman–Crippen MR) is 46.5 cm³/mol. The molecule has 1 saturated heterocycles. The van der Waals surface area contributed by atoms with Gasteiger partial charge in [-0.05, 0) is 0 Å². The largest absolute Gasteiger partial charge is 0.326 e. The van der Waals surface area contributed by atoms with Crippen molar-refractivity contribution in [3.8, 4) is 0 Å². The maximum Gasteiger partial charge on any atom is 0.316 e. The fourth-order valence-corrected chi connectivity index (χ4v) is 1.46. The Bertz CT molecular complexity index is 150. The van der Waals surface area contributed by atoms with E-state index in [2.05, 4.69) is 14.7 Å². The van der Waals surface area contributed by atoms with Gasteiger partial charge in [0.1, 0.15) is 0 Å². The molecule has 0 radical (unpaired) electrons. The van der Waals surface area contributed by atoms with E-state index >= 15 is 0 Å². The van der Waals surface area contributed by atoms with Crippen LogP contribution in [-0.2, 0) is 9.09 Å². The predicted octanol–water partition coefficient (Wildman–Crippen LogP) is -0.710. The zero-order valence-electron chi connectivity index (χ0n) is 6.95. The maximum absolute atomic E-state index is 10.2. The molecule has 0 saturated carbocycles. The molecule has 5 nitrogen and oxygen atoms in total. The number of hydrogen-bond acceptors (Lipinski definition) is 4. The lowest BCUT2D eigenvalue weighted by atomic mass is 10.4. The van der Waals surface area contributed by atoms with Crippen LogP contribution in [0.1, 0.15) is 0 Å². The van der Waals surface area contributed by atoms with E-state index in [1.54, 1.807) is 0 Å².